The van der Waals surface area contributed by atoms with Gasteiger partial charge in [-0.15, -0.1) is 11.3 Å². The van der Waals surface area contributed by atoms with Crippen LogP contribution in [-0.4, -0.2) is 19.5 Å². The zero-order chi connectivity index (χ0) is 41.0. The summed E-state index contributed by atoms with van der Waals surface area (Å²) in [4.78, 5) is 19.1. The lowest BCUT2D eigenvalue weighted by atomic mass is 10.00. The first kappa shape index (κ1) is 35.8. The molecule has 0 aliphatic carbocycles. The van der Waals surface area contributed by atoms with Crippen LogP contribution in [0, 0.1) is 0 Å². The van der Waals surface area contributed by atoms with Crippen LogP contribution in [0.15, 0.2) is 219 Å². The maximum absolute atomic E-state index is 4.96. The highest BCUT2D eigenvalue weighted by atomic mass is 32.1. The van der Waals surface area contributed by atoms with Crippen molar-refractivity contribution < 1.29 is 0 Å². The topological polar surface area (TPSA) is 50.1 Å². The average Bonchev–Trinajstić information content (AvgIpc) is 3.92. The zero-order valence-electron chi connectivity index (χ0n) is 33.4. The van der Waals surface area contributed by atoms with Gasteiger partial charge in [0, 0.05) is 57.2 Å². The van der Waals surface area contributed by atoms with Crippen LogP contribution in [-0.2, 0) is 0 Å². The monoisotopic (exact) mass is 812 g/mol. The lowest BCUT2D eigenvalue weighted by molar-refractivity contribution is 1.17. The van der Waals surface area contributed by atoms with Gasteiger partial charge in [-0.1, -0.05) is 103 Å². The van der Waals surface area contributed by atoms with E-state index in [1.807, 2.05) is 42.7 Å². The summed E-state index contributed by atoms with van der Waals surface area (Å²) in [5.74, 6) is 1.70. The summed E-state index contributed by atoms with van der Waals surface area (Å²) < 4.78 is 3.48. The van der Waals surface area contributed by atoms with E-state index in [0.29, 0.717) is 0 Å². The molecule has 6 nitrogen and oxygen atoms in total. The number of thiazole rings is 1. The second-order valence-corrected chi connectivity index (χ2v) is 16.4. The van der Waals surface area contributed by atoms with E-state index in [2.05, 4.69) is 190 Å². The summed E-state index contributed by atoms with van der Waals surface area (Å²) in [5.41, 5.74) is 9.73. The second kappa shape index (κ2) is 14.9. The highest BCUT2D eigenvalue weighted by Crippen LogP contribution is 2.43. The molecule has 292 valence electrons. The molecule has 0 saturated heterocycles. The minimum atomic E-state index is 0.849. The molecular weight excluding hydrogens is 777 g/mol. The Labute approximate surface area is 361 Å². The fraction of sp³-hybridized carbons (Fsp3) is 0. The van der Waals surface area contributed by atoms with Crippen LogP contribution >= 0.6 is 11.3 Å². The zero-order valence-corrected chi connectivity index (χ0v) is 34.2. The van der Waals surface area contributed by atoms with Crippen molar-refractivity contribution in [3.05, 3.63) is 219 Å². The number of fused-ring (bicyclic) bond motifs is 7. The van der Waals surface area contributed by atoms with Crippen molar-refractivity contribution >= 4 is 99.3 Å². The van der Waals surface area contributed by atoms with E-state index in [1.54, 1.807) is 11.3 Å². The predicted octanol–water partition coefficient (Wildman–Crippen LogP) is 15.1. The highest BCUT2D eigenvalue weighted by Gasteiger charge is 2.20. The minimum absolute atomic E-state index is 0.849. The normalized spacial score (nSPS) is 11.5. The fourth-order valence-corrected chi connectivity index (χ4v) is 9.84. The predicted molar refractivity (Wildman–Crippen MR) is 259 cm³/mol. The number of rotatable bonds is 8. The molecule has 0 bridgehead atoms. The van der Waals surface area contributed by atoms with Crippen LogP contribution in [0.25, 0.3) is 69.8 Å². The quantitative estimate of drug-likeness (QED) is 0.143. The third kappa shape index (κ3) is 6.14. The van der Waals surface area contributed by atoms with Gasteiger partial charge >= 0.3 is 0 Å². The van der Waals surface area contributed by atoms with Crippen LogP contribution in [0.2, 0.25) is 0 Å². The van der Waals surface area contributed by atoms with Gasteiger partial charge in [0.2, 0.25) is 0 Å². The van der Waals surface area contributed by atoms with E-state index in [1.165, 1.54) is 27.1 Å². The van der Waals surface area contributed by atoms with E-state index in [0.717, 1.165) is 77.1 Å². The third-order valence-electron chi connectivity index (χ3n) is 11.7. The van der Waals surface area contributed by atoms with Crippen LogP contribution in [0.3, 0.4) is 0 Å². The van der Waals surface area contributed by atoms with Crippen molar-refractivity contribution in [2.45, 2.75) is 0 Å². The Kier molecular flexibility index (Phi) is 8.57. The Balaban J connectivity index is 0.948. The first-order valence-corrected chi connectivity index (χ1v) is 21.5. The summed E-state index contributed by atoms with van der Waals surface area (Å²) in [6.45, 7) is 0. The molecule has 4 aromatic heterocycles. The SMILES string of the molecule is c1ccc(-c2nc3ccc(N(c4ccc5c(ccc6cc(N(c7ccc8c(c7)c7ccccc7n8-c7ccccc7)c7ccccn7)ccc65)c4)c4ccccn4)cc3s2)cc1. The molecule has 0 spiro atoms. The Morgan fingerprint density at radius 1 is 0.403 bits per heavy atom. The van der Waals surface area contributed by atoms with Gasteiger partial charge in [0.05, 0.1) is 21.3 Å². The molecule has 7 heteroatoms. The highest BCUT2D eigenvalue weighted by molar-refractivity contribution is 7.21. The number of aromatic nitrogens is 4. The summed E-state index contributed by atoms with van der Waals surface area (Å²) in [7, 11) is 0. The number of para-hydroxylation sites is 2. The van der Waals surface area contributed by atoms with Gasteiger partial charge in [0.15, 0.2) is 0 Å². The molecule has 0 atom stereocenters. The van der Waals surface area contributed by atoms with Gasteiger partial charge in [-0.2, -0.15) is 0 Å². The Morgan fingerprint density at radius 3 is 1.61 bits per heavy atom. The lowest BCUT2D eigenvalue weighted by Gasteiger charge is -2.25. The molecule has 4 heterocycles. The van der Waals surface area contributed by atoms with Crippen molar-refractivity contribution in [2.75, 3.05) is 9.80 Å². The minimum Gasteiger partial charge on any atom is -0.309 e. The molecule has 0 aliphatic heterocycles. The molecule has 8 aromatic carbocycles. The molecule has 0 saturated carbocycles. The number of hydrogen-bond donors (Lipinski definition) is 0. The summed E-state index contributed by atoms with van der Waals surface area (Å²) in [5, 5.41) is 8.08. The maximum Gasteiger partial charge on any atom is 0.137 e. The average molecular weight is 813 g/mol. The fourth-order valence-electron chi connectivity index (χ4n) is 8.84. The van der Waals surface area contributed by atoms with Crippen LogP contribution in [0.1, 0.15) is 0 Å². The molecule has 0 amide bonds. The molecule has 0 unspecified atom stereocenters. The first-order chi connectivity index (χ1) is 30.7. The standard InChI is InChI=1S/C55H36N6S/c1-3-13-37(14-4-1)55-58-49-29-25-44(36-52(49)62-55)60(54-20-10-12-32-57-54)42-24-28-46-39(34-42)22-21-38-33-41(23-27-45(38)46)59(53-19-9-11-31-56-53)43-26-30-51-48(35-43)47-17-7-8-18-50(47)61(51)40-15-5-2-6-16-40/h1-36H. The van der Waals surface area contributed by atoms with Crippen LogP contribution in [0.4, 0.5) is 34.4 Å². The van der Waals surface area contributed by atoms with Gasteiger partial charge < -0.3 is 4.57 Å². The molecule has 12 aromatic rings. The molecular formula is C55H36N6S. The van der Waals surface area contributed by atoms with Crippen molar-refractivity contribution in [1.82, 2.24) is 19.5 Å². The first-order valence-electron chi connectivity index (χ1n) is 20.7. The number of hydrogen-bond acceptors (Lipinski definition) is 6. The number of benzene rings is 8. The Bertz CT molecular complexity index is 3590. The molecule has 0 N–H and O–H groups in total. The Morgan fingerprint density at radius 2 is 0.952 bits per heavy atom. The van der Waals surface area contributed by atoms with Crippen molar-refractivity contribution in [3.63, 3.8) is 0 Å². The second-order valence-electron chi connectivity index (χ2n) is 15.3. The third-order valence-corrected chi connectivity index (χ3v) is 12.7. The van der Waals surface area contributed by atoms with Gasteiger partial charge in [0.25, 0.3) is 0 Å². The summed E-state index contributed by atoms with van der Waals surface area (Å²) in [6, 6.07) is 72.9. The largest absolute Gasteiger partial charge is 0.309 e. The van der Waals surface area contributed by atoms with Crippen LogP contribution in [0.5, 0.6) is 0 Å². The van der Waals surface area contributed by atoms with E-state index in [4.69, 9.17) is 15.0 Å². The molecule has 0 aliphatic rings. The van der Waals surface area contributed by atoms with Crippen molar-refractivity contribution in [3.8, 4) is 16.3 Å². The van der Waals surface area contributed by atoms with Crippen molar-refractivity contribution in [2.24, 2.45) is 0 Å². The van der Waals surface area contributed by atoms with Crippen LogP contribution < -0.4 is 9.80 Å². The summed E-state index contributed by atoms with van der Waals surface area (Å²) in [6.07, 6.45) is 3.71. The van der Waals surface area contributed by atoms with Gasteiger partial charge in [-0.25, -0.2) is 15.0 Å². The molecule has 0 radical (unpaired) electrons. The van der Waals surface area contributed by atoms with Gasteiger partial charge in [-0.05, 0) is 125 Å². The number of pyridine rings is 2. The maximum atomic E-state index is 4.96. The van der Waals surface area contributed by atoms with E-state index in [9.17, 15) is 0 Å². The van der Waals surface area contributed by atoms with E-state index >= 15 is 0 Å². The molecule has 0 fully saturated rings. The van der Waals surface area contributed by atoms with E-state index in [-0.39, 0.29) is 0 Å². The van der Waals surface area contributed by atoms with Crippen molar-refractivity contribution in [1.29, 1.82) is 0 Å². The van der Waals surface area contributed by atoms with Gasteiger partial charge in [-0.3, -0.25) is 9.80 Å². The Hall–Kier alpha value is -8.13. The number of anilines is 6. The summed E-state index contributed by atoms with van der Waals surface area (Å²) >= 11 is 1.71. The van der Waals surface area contributed by atoms with Gasteiger partial charge in [0.1, 0.15) is 16.6 Å². The van der Waals surface area contributed by atoms with E-state index < -0.39 is 0 Å². The smallest absolute Gasteiger partial charge is 0.137 e. The number of nitrogens with zero attached hydrogens (tertiary/aromatic N) is 6. The molecule has 12 rings (SSSR count). The molecule has 62 heavy (non-hydrogen) atoms. The lowest BCUT2D eigenvalue weighted by Crippen LogP contribution is -2.11.